The first-order valence-corrected chi connectivity index (χ1v) is 14.2. The standard InChI is InChI=1S/C29H36N2O5S/c1-4-20(17-32)31-25-27(34)30(24-18(2)11-9-12-19(24)3)15-10-14-29(25)23(26(31)33)22-21(37-29)13-7-5-6-8-16-36-28(22)35/h7,9-14,20-23,25,32H,4-6,8,15-17H2,1-3H3/b13-7-/t20-,21+,22-,23-,25?,29-/m0/s1. The van der Waals surface area contributed by atoms with Crippen molar-refractivity contribution in [2.24, 2.45) is 11.8 Å². The van der Waals surface area contributed by atoms with E-state index in [1.165, 1.54) is 0 Å². The normalized spacial score (nSPS) is 33.4. The lowest BCUT2D eigenvalue weighted by Crippen LogP contribution is -2.56. The smallest absolute Gasteiger partial charge is 0.311 e. The van der Waals surface area contributed by atoms with Crippen LogP contribution in [0.1, 0.15) is 43.7 Å². The van der Waals surface area contributed by atoms with Crippen molar-refractivity contribution in [3.8, 4) is 0 Å². The molecule has 37 heavy (non-hydrogen) atoms. The number of hydrogen-bond acceptors (Lipinski definition) is 6. The van der Waals surface area contributed by atoms with Crippen LogP contribution in [0.4, 0.5) is 5.69 Å². The van der Waals surface area contributed by atoms with Crippen molar-refractivity contribution >= 4 is 35.2 Å². The van der Waals surface area contributed by atoms with Gasteiger partial charge in [0, 0.05) is 17.5 Å². The Bertz CT molecular complexity index is 1120. The summed E-state index contributed by atoms with van der Waals surface area (Å²) in [6, 6.07) is 4.60. The van der Waals surface area contributed by atoms with E-state index in [1.54, 1.807) is 21.6 Å². The number of hydrogen-bond donors (Lipinski definition) is 1. The van der Waals surface area contributed by atoms with E-state index in [1.807, 2.05) is 57.2 Å². The number of aliphatic hydroxyl groups is 1. The molecule has 2 saturated heterocycles. The highest BCUT2D eigenvalue weighted by molar-refractivity contribution is 8.02. The number of esters is 1. The molecule has 4 heterocycles. The van der Waals surface area contributed by atoms with E-state index < -0.39 is 28.7 Å². The number of thioether (sulfide) groups is 1. The molecule has 1 unspecified atom stereocenters. The minimum atomic E-state index is -0.922. The van der Waals surface area contributed by atoms with E-state index in [2.05, 4.69) is 6.08 Å². The van der Waals surface area contributed by atoms with Crippen molar-refractivity contribution in [2.45, 2.75) is 68.5 Å². The van der Waals surface area contributed by atoms with Crippen molar-refractivity contribution in [3.05, 3.63) is 53.6 Å². The maximum Gasteiger partial charge on any atom is 0.311 e. The molecule has 2 amide bonds. The molecule has 0 saturated carbocycles. The van der Waals surface area contributed by atoms with E-state index in [0.29, 0.717) is 19.6 Å². The summed E-state index contributed by atoms with van der Waals surface area (Å²) in [5.74, 6) is -2.19. The quantitative estimate of drug-likeness (QED) is 0.479. The summed E-state index contributed by atoms with van der Waals surface area (Å²) in [7, 11) is 0. The summed E-state index contributed by atoms with van der Waals surface area (Å²) in [6.07, 6.45) is 11.2. The fourth-order valence-electron chi connectivity index (χ4n) is 6.60. The van der Waals surface area contributed by atoms with E-state index in [0.717, 1.165) is 36.1 Å². The summed E-state index contributed by atoms with van der Waals surface area (Å²) < 4.78 is 4.75. The monoisotopic (exact) mass is 524 g/mol. The minimum absolute atomic E-state index is 0.168. The lowest BCUT2D eigenvalue weighted by atomic mass is 9.78. The number of amides is 2. The van der Waals surface area contributed by atoms with Crippen LogP contribution in [0.25, 0.3) is 0 Å². The number of anilines is 1. The van der Waals surface area contributed by atoms with Crippen molar-refractivity contribution in [1.29, 1.82) is 0 Å². The van der Waals surface area contributed by atoms with Gasteiger partial charge >= 0.3 is 5.97 Å². The number of carbonyl (C=O) groups excluding carboxylic acids is 3. The maximum atomic E-state index is 14.6. The lowest BCUT2D eigenvalue weighted by molar-refractivity contribution is -0.153. The van der Waals surface area contributed by atoms with Crippen LogP contribution >= 0.6 is 11.8 Å². The van der Waals surface area contributed by atoms with Gasteiger partial charge in [-0.25, -0.2) is 0 Å². The summed E-state index contributed by atoms with van der Waals surface area (Å²) in [5, 5.41) is 10.0. The lowest BCUT2D eigenvalue weighted by Gasteiger charge is -2.38. The molecule has 2 fully saturated rings. The van der Waals surface area contributed by atoms with Gasteiger partial charge in [-0.15, -0.1) is 11.8 Å². The third-order valence-electron chi connectivity index (χ3n) is 8.32. The average molecular weight is 525 g/mol. The van der Waals surface area contributed by atoms with Crippen LogP contribution < -0.4 is 4.90 Å². The number of ether oxygens (including phenoxy) is 1. The second-order valence-corrected chi connectivity index (χ2v) is 12.0. The number of nitrogens with zero attached hydrogens (tertiary/aromatic N) is 2. The van der Waals surface area contributed by atoms with Crippen molar-refractivity contribution < 1.29 is 24.2 Å². The highest BCUT2D eigenvalue weighted by Crippen LogP contribution is 2.61. The van der Waals surface area contributed by atoms with Gasteiger partial charge in [0.05, 0.1) is 35.8 Å². The fourth-order valence-corrected chi connectivity index (χ4v) is 8.58. The molecule has 4 aliphatic heterocycles. The van der Waals surface area contributed by atoms with Crippen LogP contribution in [0.5, 0.6) is 0 Å². The Morgan fingerprint density at radius 1 is 1.14 bits per heavy atom. The molecule has 8 heteroatoms. The van der Waals surface area contributed by atoms with Gasteiger partial charge in [-0.05, 0) is 50.7 Å². The first kappa shape index (κ1) is 26.0. The molecule has 6 atom stereocenters. The Kier molecular flexibility index (Phi) is 7.24. The first-order chi connectivity index (χ1) is 17.9. The predicted octanol–water partition coefficient (Wildman–Crippen LogP) is 3.56. The molecule has 0 aliphatic carbocycles. The largest absolute Gasteiger partial charge is 0.465 e. The number of cyclic esters (lactones) is 1. The SMILES string of the molecule is CC[C@@H](CO)N1C(=O)[C@@H]2[C@H]3C(=O)OCCCC/C=C\[C@H]3S[C@@]23C=CCN(c2c(C)cccc2C)C(=O)C13. The Balaban J connectivity index is 1.66. The van der Waals surface area contributed by atoms with E-state index in [4.69, 9.17) is 4.74 Å². The molecule has 1 aromatic rings. The molecular weight excluding hydrogens is 488 g/mol. The van der Waals surface area contributed by atoms with E-state index in [-0.39, 0.29) is 29.6 Å². The molecule has 1 aromatic carbocycles. The van der Waals surface area contributed by atoms with Crippen LogP contribution in [-0.4, -0.2) is 69.6 Å². The molecule has 198 valence electrons. The van der Waals surface area contributed by atoms with Gasteiger partial charge in [0.25, 0.3) is 5.91 Å². The number of allylic oxidation sites excluding steroid dienone is 1. The van der Waals surface area contributed by atoms with Gasteiger partial charge in [0.2, 0.25) is 5.91 Å². The van der Waals surface area contributed by atoms with E-state index in [9.17, 15) is 19.5 Å². The minimum Gasteiger partial charge on any atom is -0.465 e. The van der Waals surface area contributed by atoms with Gasteiger partial charge < -0.3 is 19.6 Å². The summed E-state index contributed by atoms with van der Waals surface area (Å²) in [4.78, 5) is 45.6. The van der Waals surface area contributed by atoms with Gasteiger partial charge in [0.1, 0.15) is 6.04 Å². The Morgan fingerprint density at radius 3 is 2.59 bits per heavy atom. The summed E-state index contributed by atoms with van der Waals surface area (Å²) in [6.45, 7) is 6.36. The topological polar surface area (TPSA) is 87.2 Å². The second-order valence-electron chi connectivity index (χ2n) is 10.5. The molecule has 0 bridgehead atoms. The van der Waals surface area contributed by atoms with Gasteiger partial charge in [-0.3, -0.25) is 14.4 Å². The average Bonchev–Trinajstić information content (AvgIpc) is 3.26. The van der Waals surface area contributed by atoms with Gasteiger partial charge in [-0.2, -0.15) is 0 Å². The highest BCUT2D eigenvalue weighted by Gasteiger charge is 2.71. The van der Waals surface area contributed by atoms with Crippen molar-refractivity contribution in [2.75, 3.05) is 24.7 Å². The molecule has 5 rings (SSSR count). The Hall–Kier alpha value is -2.58. The van der Waals surface area contributed by atoms with Crippen LogP contribution in [0.2, 0.25) is 0 Å². The van der Waals surface area contributed by atoms with Gasteiger partial charge in [0.15, 0.2) is 0 Å². The maximum absolute atomic E-state index is 14.6. The molecule has 0 aromatic heterocycles. The molecule has 0 radical (unpaired) electrons. The first-order valence-electron chi connectivity index (χ1n) is 13.3. The summed E-state index contributed by atoms with van der Waals surface area (Å²) in [5.41, 5.74) is 2.82. The number of likely N-dealkylation sites (tertiary alicyclic amines) is 1. The molecule has 1 spiro atoms. The Morgan fingerprint density at radius 2 is 1.89 bits per heavy atom. The third-order valence-corrected chi connectivity index (χ3v) is 10.1. The highest BCUT2D eigenvalue weighted by atomic mass is 32.2. The molecule has 4 aliphatic rings. The predicted molar refractivity (Wildman–Crippen MR) is 144 cm³/mol. The third kappa shape index (κ3) is 4.13. The fraction of sp³-hybridized carbons (Fsp3) is 0.552. The van der Waals surface area contributed by atoms with Crippen LogP contribution in [-0.2, 0) is 19.1 Å². The zero-order chi connectivity index (χ0) is 26.3. The molecular formula is C29H36N2O5S. The summed E-state index contributed by atoms with van der Waals surface area (Å²) >= 11 is 1.54. The Labute approximate surface area is 222 Å². The van der Waals surface area contributed by atoms with Crippen LogP contribution in [0, 0.1) is 25.7 Å². The zero-order valence-corrected chi connectivity index (χ0v) is 22.6. The van der Waals surface area contributed by atoms with Crippen LogP contribution in [0.3, 0.4) is 0 Å². The van der Waals surface area contributed by atoms with Crippen molar-refractivity contribution in [1.82, 2.24) is 4.90 Å². The molecule has 7 nitrogen and oxygen atoms in total. The van der Waals surface area contributed by atoms with Gasteiger partial charge in [-0.1, -0.05) is 49.4 Å². The number of para-hydroxylation sites is 1. The van der Waals surface area contributed by atoms with Crippen molar-refractivity contribution in [3.63, 3.8) is 0 Å². The number of carbonyl (C=O) groups is 3. The number of aliphatic hydroxyl groups excluding tert-OH is 1. The number of aryl methyl sites for hydroxylation is 2. The number of rotatable bonds is 4. The number of fused-ring (bicyclic) bond motifs is 2. The van der Waals surface area contributed by atoms with Crippen LogP contribution in [0.15, 0.2) is 42.5 Å². The second kappa shape index (κ2) is 10.3. The zero-order valence-electron chi connectivity index (χ0n) is 21.8. The van der Waals surface area contributed by atoms with E-state index >= 15 is 0 Å². The number of benzene rings is 1. The molecule has 1 N–H and O–H groups in total.